The molecule has 4 heteroatoms. The van der Waals surface area contributed by atoms with Gasteiger partial charge >= 0.3 is 0 Å². The minimum absolute atomic E-state index is 0.00395. The van der Waals surface area contributed by atoms with Gasteiger partial charge in [-0.1, -0.05) is 12.1 Å². The Balaban J connectivity index is 1.49. The van der Waals surface area contributed by atoms with E-state index in [-0.39, 0.29) is 5.91 Å². The van der Waals surface area contributed by atoms with E-state index in [0.29, 0.717) is 18.9 Å². The van der Waals surface area contributed by atoms with Crippen LogP contribution in [0.5, 0.6) is 0 Å². The van der Waals surface area contributed by atoms with Gasteiger partial charge in [-0.2, -0.15) is 0 Å². The normalized spacial score (nSPS) is 14.0. The number of rotatable bonds is 5. The minimum atomic E-state index is 0.00395. The van der Waals surface area contributed by atoms with Crippen LogP contribution in [0.2, 0.25) is 0 Å². The smallest absolute Gasteiger partial charge is 0.224 e. The number of nitrogens with one attached hydrogen (secondary N) is 1. The molecule has 0 atom stereocenters. The fourth-order valence-electron chi connectivity index (χ4n) is 2.11. The first-order valence-electron chi connectivity index (χ1n) is 6.92. The van der Waals surface area contributed by atoms with Gasteiger partial charge in [0.15, 0.2) is 0 Å². The van der Waals surface area contributed by atoms with Gasteiger partial charge in [0, 0.05) is 36.7 Å². The van der Waals surface area contributed by atoms with E-state index in [1.165, 1.54) is 18.5 Å². The molecule has 102 valence electrons. The van der Waals surface area contributed by atoms with Gasteiger partial charge in [-0.15, -0.1) is 0 Å². The number of carbonyl (C=O) groups excluding carboxylic acids is 1. The summed E-state index contributed by atoms with van der Waals surface area (Å²) in [6.45, 7) is 0.525. The van der Waals surface area contributed by atoms with Crippen molar-refractivity contribution in [2.45, 2.75) is 31.7 Å². The molecule has 0 saturated heterocycles. The maximum absolute atomic E-state index is 11.8. The second-order valence-electron chi connectivity index (χ2n) is 5.18. The molecule has 0 unspecified atom stereocenters. The van der Waals surface area contributed by atoms with E-state index in [9.17, 15) is 4.79 Å². The Morgan fingerprint density at radius 2 is 2.10 bits per heavy atom. The number of carbonyl (C=O) groups is 1. The molecule has 4 nitrogen and oxygen atoms in total. The molecule has 2 aromatic heterocycles. The van der Waals surface area contributed by atoms with Gasteiger partial charge in [0.05, 0.1) is 6.42 Å². The molecule has 0 aromatic carbocycles. The van der Waals surface area contributed by atoms with Crippen molar-refractivity contribution in [2.24, 2.45) is 0 Å². The molecule has 2 heterocycles. The quantitative estimate of drug-likeness (QED) is 0.903. The molecule has 1 aliphatic carbocycles. The average molecular weight is 267 g/mol. The first-order valence-corrected chi connectivity index (χ1v) is 6.92. The SMILES string of the molecule is O=C(Cc1cccnc1)NCc1ccc(C2CC2)nc1. The highest BCUT2D eigenvalue weighted by Crippen LogP contribution is 2.38. The number of hydrogen-bond donors (Lipinski definition) is 1. The summed E-state index contributed by atoms with van der Waals surface area (Å²) in [6, 6.07) is 7.85. The molecule has 2 aromatic rings. The molecule has 1 fully saturated rings. The van der Waals surface area contributed by atoms with Gasteiger partial charge < -0.3 is 5.32 Å². The number of hydrogen-bond acceptors (Lipinski definition) is 3. The lowest BCUT2D eigenvalue weighted by molar-refractivity contribution is -0.120. The highest BCUT2D eigenvalue weighted by Gasteiger charge is 2.24. The predicted octanol–water partition coefficient (Wildman–Crippen LogP) is 2.21. The summed E-state index contributed by atoms with van der Waals surface area (Å²) in [7, 11) is 0. The Bertz CT molecular complexity index is 576. The molecule has 0 bridgehead atoms. The van der Waals surface area contributed by atoms with E-state index in [0.717, 1.165) is 11.1 Å². The van der Waals surface area contributed by atoms with Crippen molar-refractivity contribution >= 4 is 5.91 Å². The lowest BCUT2D eigenvalue weighted by atomic mass is 10.2. The monoisotopic (exact) mass is 267 g/mol. The number of aromatic nitrogens is 2. The fraction of sp³-hybridized carbons (Fsp3) is 0.312. The Hall–Kier alpha value is -2.23. The molecule has 1 amide bonds. The maximum Gasteiger partial charge on any atom is 0.224 e. The highest BCUT2D eigenvalue weighted by atomic mass is 16.1. The van der Waals surface area contributed by atoms with E-state index >= 15 is 0 Å². The van der Waals surface area contributed by atoms with Gasteiger partial charge in [-0.05, 0) is 36.1 Å². The van der Waals surface area contributed by atoms with Crippen LogP contribution in [0.4, 0.5) is 0 Å². The summed E-state index contributed by atoms with van der Waals surface area (Å²) in [5.41, 5.74) is 3.14. The van der Waals surface area contributed by atoms with Crippen molar-refractivity contribution in [1.82, 2.24) is 15.3 Å². The summed E-state index contributed by atoms with van der Waals surface area (Å²) < 4.78 is 0. The van der Waals surface area contributed by atoms with Crippen LogP contribution in [0.3, 0.4) is 0 Å². The van der Waals surface area contributed by atoms with E-state index in [4.69, 9.17) is 0 Å². The second-order valence-corrected chi connectivity index (χ2v) is 5.18. The van der Waals surface area contributed by atoms with Gasteiger partial charge in [0.25, 0.3) is 0 Å². The van der Waals surface area contributed by atoms with Crippen molar-refractivity contribution in [3.05, 3.63) is 59.7 Å². The van der Waals surface area contributed by atoms with Crippen molar-refractivity contribution in [1.29, 1.82) is 0 Å². The Morgan fingerprint density at radius 3 is 2.75 bits per heavy atom. The molecule has 1 N–H and O–H groups in total. The minimum Gasteiger partial charge on any atom is -0.352 e. The van der Waals surface area contributed by atoms with Gasteiger partial charge in [0.2, 0.25) is 5.91 Å². The lowest BCUT2D eigenvalue weighted by Gasteiger charge is -2.06. The first kappa shape index (κ1) is 12.8. The van der Waals surface area contributed by atoms with Gasteiger partial charge in [-0.25, -0.2) is 0 Å². The third-order valence-corrected chi connectivity index (χ3v) is 3.42. The van der Waals surface area contributed by atoms with Crippen LogP contribution in [0, 0.1) is 0 Å². The summed E-state index contributed by atoms with van der Waals surface area (Å²) in [5, 5.41) is 2.91. The van der Waals surface area contributed by atoms with Crippen LogP contribution in [0.1, 0.15) is 35.6 Å². The van der Waals surface area contributed by atoms with Crippen LogP contribution in [0.25, 0.3) is 0 Å². The summed E-state index contributed by atoms with van der Waals surface area (Å²) in [6.07, 6.45) is 8.15. The third-order valence-electron chi connectivity index (χ3n) is 3.42. The van der Waals surface area contributed by atoms with Crippen molar-refractivity contribution in [3.63, 3.8) is 0 Å². The second kappa shape index (κ2) is 5.82. The molecule has 0 aliphatic heterocycles. The van der Waals surface area contributed by atoms with Crippen LogP contribution >= 0.6 is 0 Å². The van der Waals surface area contributed by atoms with E-state index in [1.54, 1.807) is 12.4 Å². The molecule has 1 aliphatic rings. The van der Waals surface area contributed by atoms with Crippen LogP contribution in [0.15, 0.2) is 42.9 Å². The molecular weight excluding hydrogens is 250 g/mol. The summed E-state index contributed by atoms with van der Waals surface area (Å²) in [5.74, 6) is 0.675. The highest BCUT2D eigenvalue weighted by molar-refractivity contribution is 5.78. The van der Waals surface area contributed by atoms with Crippen molar-refractivity contribution < 1.29 is 4.79 Å². The Morgan fingerprint density at radius 1 is 1.20 bits per heavy atom. The molecule has 0 spiro atoms. The third kappa shape index (κ3) is 3.41. The van der Waals surface area contributed by atoms with Crippen LogP contribution < -0.4 is 5.32 Å². The number of amides is 1. The Labute approximate surface area is 118 Å². The zero-order valence-electron chi connectivity index (χ0n) is 11.2. The summed E-state index contributed by atoms with van der Waals surface area (Å²) >= 11 is 0. The van der Waals surface area contributed by atoms with E-state index in [2.05, 4.69) is 21.4 Å². The van der Waals surface area contributed by atoms with E-state index < -0.39 is 0 Å². The summed E-state index contributed by atoms with van der Waals surface area (Å²) in [4.78, 5) is 20.3. The molecule has 20 heavy (non-hydrogen) atoms. The maximum atomic E-state index is 11.8. The van der Waals surface area contributed by atoms with Crippen LogP contribution in [-0.4, -0.2) is 15.9 Å². The van der Waals surface area contributed by atoms with Gasteiger partial charge in [0.1, 0.15) is 0 Å². The molecule has 1 saturated carbocycles. The predicted molar refractivity (Wildman–Crippen MR) is 76.0 cm³/mol. The topological polar surface area (TPSA) is 54.9 Å². The van der Waals surface area contributed by atoms with Gasteiger partial charge in [-0.3, -0.25) is 14.8 Å². The fourth-order valence-corrected chi connectivity index (χ4v) is 2.11. The van der Waals surface area contributed by atoms with Crippen molar-refractivity contribution in [2.75, 3.05) is 0 Å². The molecular formula is C16H17N3O. The zero-order chi connectivity index (χ0) is 13.8. The molecule has 0 radical (unpaired) electrons. The van der Waals surface area contributed by atoms with E-state index in [1.807, 2.05) is 24.4 Å². The lowest BCUT2D eigenvalue weighted by Crippen LogP contribution is -2.24. The standard InChI is InChI=1S/C16H17N3O/c20-16(8-12-2-1-7-17-9-12)19-11-13-3-6-15(18-10-13)14-4-5-14/h1-3,6-7,9-10,14H,4-5,8,11H2,(H,19,20). The number of nitrogens with zero attached hydrogens (tertiary/aromatic N) is 2. The molecule has 3 rings (SSSR count). The number of pyridine rings is 2. The Kier molecular flexibility index (Phi) is 3.72. The largest absolute Gasteiger partial charge is 0.352 e. The first-order chi connectivity index (χ1) is 9.81. The van der Waals surface area contributed by atoms with Crippen molar-refractivity contribution in [3.8, 4) is 0 Å². The average Bonchev–Trinajstić information content (AvgIpc) is 3.31. The zero-order valence-corrected chi connectivity index (χ0v) is 11.2. The van der Waals surface area contributed by atoms with Crippen LogP contribution in [-0.2, 0) is 17.8 Å².